The van der Waals surface area contributed by atoms with E-state index in [-0.39, 0.29) is 5.76 Å². The van der Waals surface area contributed by atoms with Gasteiger partial charge >= 0.3 is 11.9 Å². The van der Waals surface area contributed by atoms with Crippen molar-refractivity contribution < 1.29 is 28.5 Å². The molecule has 1 amide bonds. The Morgan fingerprint density at radius 2 is 1.78 bits per heavy atom. The zero-order valence-corrected chi connectivity index (χ0v) is 13.6. The lowest BCUT2D eigenvalue weighted by Gasteiger charge is -2.03. The summed E-state index contributed by atoms with van der Waals surface area (Å²) in [4.78, 5) is 33.2. The van der Waals surface area contributed by atoms with E-state index in [0.717, 1.165) is 23.8 Å². The summed E-state index contributed by atoms with van der Waals surface area (Å²) < 4.78 is 10.3. The van der Waals surface area contributed by atoms with Gasteiger partial charge in [-0.15, -0.1) is 0 Å². The molecule has 0 saturated carbocycles. The number of hydrogen-bond donors (Lipinski definition) is 2. The Kier molecular flexibility index (Phi) is 4.84. The highest BCUT2D eigenvalue weighted by atomic mass is 16.6. The van der Waals surface area contributed by atoms with Gasteiger partial charge in [0.1, 0.15) is 22.1 Å². The fourth-order valence-electron chi connectivity index (χ4n) is 2.21. The molecule has 0 aliphatic heterocycles. The monoisotopic (exact) mass is 368 g/mol. The zero-order chi connectivity index (χ0) is 19.4. The van der Waals surface area contributed by atoms with Crippen LogP contribution in [0.3, 0.4) is 0 Å². The van der Waals surface area contributed by atoms with Crippen molar-refractivity contribution in [3.63, 3.8) is 0 Å². The van der Waals surface area contributed by atoms with Crippen molar-refractivity contribution in [1.29, 1.82) is 0 Å². The lowest BCUT2D eigenvalue weighted by Crippen LogP contribution is -2.26. The number of nitrogens with one attached hydrogen (secondary N) is 1. The number of carbonyl (C=O) groups is 2. The van der Waals surface area contributed by atoms with Crippen LogP contribution in [0.5, 0.6) is 0 Å². The second-order valence-corrected chi connectivity index (χ2v) is 5.28. The van der Waals surface area contributed by atoms with Crippen LogP contribution in [0.1, 0.15) is 16.3 Å². The van der Waals surface area contributed by atoms with Gasteiger partial charge < -0.3 is 19.3 Å². The van der Waals surface area contributed by atoms with E-state index in [4.69, 9.17) is 8.83 Å². The maximum Gasteiger partial charge on any atom is 0.433 e. The van der Waals surface area contributed by atoms with Crippen LogP contribution in [-0.2, 0) is 4.79 Å². The van der Waals surface area contributed by atoms with Crippen molar-refractivity contribution in [2.45, 2.75) is 0 Å². The molecule has 136 valence electrons. The molecule has 0 aliphatic carbocycles. The highest BCUT2D eigenvalue weighted by Gasteiger charge is 2.20. The molecule has 2 heterocycles. The molecular weight excluding hydrogens is 356 g/mol. The molecule has 0 unspecified atom stereocenters. The number of carboxylic acids is 1. The van der Waals surface area contributed by atoms with E-state index < -0.39 is 34.1 Å². The highest BCUT2D eigenvalue weighted by Crippen LogP contribution is 2.23. The molecule has 0 saturated heterocycles. The maximum atomic E-state index is 12.1. The summed E-state index contributed by atoms with van der Waals surface area (Å²) in [6.45, 7) is 0. The summed E-state index contributed by atoms with van der Waals surface area (Å²) in [5, 5.41) is 22.0. The number of furan rings is 2. The van der Waals surface area contributed by atoms with Gasteiger partial charge in [-0.2, -0.15) is 0 Å². The Balaban J connectivity index is 1.81. The SMILES string of the molecule is O=C(O)/C(=C\c1ccc(-c2ccccc2)o1)NC(=O)c1ccc([N+](=O)[O-])o1. The molecule has 9 heteroatoms. The van der Waals surface area contributed by atoms with E-state index in [0.29, 0.717) is 5.76 Å². The van der Waals surface area contributed by atoms with Crippen LogP contribution in [0, 0.1) is 10.1 Å². The first-order valence-corrected chi connectivity index (χ1v) is 7.60. The Morgan fingerprint density at radius 1 is 1.04 bits per heavy atom. The Labute approximate surface area is 151 Å². The first kappa shape index (κ1) is 17.7. The minimum atomic E-state index is -1.41. The van der Waals surface area contributed by atoms with Gasteiger partial charge in [-0.1, -0.05) is 30.3 Å². The molecule has 0 bridgehead atoms. The third kappa shape index (κ3) is 4.10. The molecule has 0 atom stereocenters. The summed E-state index contributed by atoms with van der Waals surface area (Å²) in [6, 6.07) is 14.5. The van der Waals surface area contributed by atoms with Crippen LogP contribution >= 0.6 is 0 Å². The smallest absolute Gasteiger partial charge is 0.433 e. The van der Waals surface area contributed by atoms with Gasteiger partial charge in [0, 0.05) is 11.6 Å². The first-order valence-electron chi connectivity index (χ1n) is 7.60. The topological polar surface area (TPSA) is 136 Å². The van der Waals surface area contributed by atoms with E-state index >= 15 is 0 Å². The minimum absolute atomic E-state index is 0.206. The third-order valence-electron chi connectivity index (χ3n) is 3.45. The fraction of sp³-hybridized carbons (Fsp3) is 0. The van der Waals surface area contributed by atoms with Crippen molar-refractivity contribution in [2.75, 3.05) is 0 Å². The van der Waals surface area contributed by atoms with Crippen LogP contribution in [0.15, 0.2) is 69.1 Å². The number of amides is 1. The van der Waals surface area contributed by atoms with Gasteiger partial charge in [0.25, 0.3) is 5.91 Å². The van der Waals surface area contributed by atoms with Crippen LogP contribution < -0.4 is 5.32 Å². The molecule has 0 fully saturated rings. The number of nitrogens with zero attached hydrogens (tertiary/aromatic N) is 1. The molecule has 0 aliphatic rings. The molecule has 0 spiro atoms. The molecule has 3 rings (SSSR count). The number of rotatable bonds is 6. The molecule has 0 radical (unpaired) electrons. The highest BCUT2D eigenvalue weighted by molar-refractivity contribution is 6.01. The molecule has 27 heavy (non-hydrogen) atoms. The summed E-state index contributed by atoms with van der Waals surface area (Å²) in [6.07, 6.45) is 1.13. The summed E-state index contributed by atoms with van der Waals surface area (Å²) in [5.74, 6) is -2.64. The second-order valence-electron chi connectivity index (χ2n) is 5.28. The predicted molar refractivity (Wildman–Crippen MR) is 92.6 cm³/mol. The predicted octanol–water partition coefficient (Wildman–Crippen LogP) is 3.30. The summed E-state index contributed by atoms with van der Waals surface area (Å²) in [7, 11) is 0. The van der Waals surface area contributed by atoms with E-state index in [1.165, 1.54) is 0 Å². The van der Waals surface area contributed by atoms with E-state index in [9.17, 15) is 24.8 Å². The largest absolute Gasteiger partial charge is 0.477 e. The molecule has 9 nitrogen and oxygen atoms in total. The van der Waals surface area contributed by atoms with E-state index in [1.807, 2.05) is 30.3 Å². The lowest BCUT2D eigenvalue weighted by molar-refractivity contribution is -0.402. The van der Waals surface area contributed by atoms with Gasteiger partial charge in [0.2, 0.25) is 0 Å². The van der Waals surface area contributed by atoms with Crippen LogP contribution in [-0.4, -0.2) is 21.9 Å². The normalized spacial score (nSPS) is 11.2. The number of aliphatic carboxylic acids is 1. The maximum absolute atomic E-state index is 12.1. The number of hydrogen-bond acceptors (Lipinski definition) is 6. The second kappa shape index (κ2) is 7.40. The molecule has 3 aromatic rings. The Bertz CT molecular complexity index is 1030. The number of benzene rings is 1. The van der Waals surface area contributed by atoms with Crippen molar-refractivity contribution in [3.05, 3.63) is 81.9 Å². The summed E-state index contributed by atoms with van der Waals surface area (Å²) >= 11 is 0. The molecule has 2 N–H and O–H groups in total. The molecule has 1 aromatic carbocycles. The van der Waals surface area contributed by atoms with E-state index in [1.54, 1.807) is 12.1 Å². The van der Waals surface area contributed by atoms with Crippen molar-refractivity contribution >= 4 is 23.8 Å². The number of carboxylic acid groups (broad SMARTS) is 1. The Hall–Kier alpha value is -4.14. The number of nitro groups is 1. The van der Waals surface area contributed by atoms with Crippen molar-refractivity contribution in [1.82, 2.24) is 5.32 Å². The van der Waals surface area contributed by atoms with Gasteiger partial charge in [0.15, 0.2) is 5.76 Å². The van der Waals surface area contributed by atoms with Crippen molar-refractivity contribution in [2.24, 2.45) is 0 Å². The lowest BCUT2D eigenvalue weighted by atomic mass is 10.2. The number of carbonyl (C=O) groups excluding carboxylic acids is 1. The third-order valence-corrected chi connectivity index (χ3v) is 3.45. The van der Waals surface area contributed by atoms with E-state index in [2.05, 4.69) is 5.32 Å². The van der Waals surface area contributed by atoms with Gasteiger partial charge in [-0.3, -0.25) is 14.9 Å². The zero-order valence-electron chi connectivity index (χ0n) is 13.6. The average Bonchev–Trinajstić information content (AvgIpc) is 3.31. The standard InChI is InChI=1S/C18H12N2O7/c21-17(15-8-9-16(27-15)20(24)25)19-13(18(22)23)10-12-6-7-14(26-12)11-4-2-1-3-5-11/h1-10H,(H,19,21)(H,22,23)/b13-10+. The quantitative estimate of drug-likeness (QED) is 0.387. The average molecular weight is 368 g/mol. The first-order chi connectivity index (χ1) is 12.9. The van der Waals surface area contributed by atoms with Gasteiger partial charge in [0.05, 0.1) is 6.07 Å². The van der Waals surface area contributed by atoms with Crippen LogP contribution in [0.2, 0.25) is 0 Å². The minimum Gasteiger partial charge on any atom is -0.477 e. The van der Waals surface area contributed by atoms with Gasteiger partial charge in [-0.05, 0) is 18.2 Å². The molecule has 2 aromatic heterocycles. The van der Waals surface area contributed by atoms with Gasteiger partial charge in [-0.25, -0.2) is 4.79 Å². The van der Waals surface area contributed by atoms with Crippen LogP contribution in [0.25, 0.3) is 17.4 Å². The molecular formula is C18H12N2O7. The van der Waals surface area contributed by atoms with Crippen LogP contribution in [0.4, 0.5) is 5.88 Å². The van der Waals surface area contributed by atoms with Crippen molar-refractivity contribution in [3.8, 4) is 11.3 Å². The fourth-order valence-corrected chi connectivity index (χ4v) is 2.21. The summed E-state index contributed by atoms with van der Waals surface area (Å²) in [5.41, 5.74) is 0.328. The Morgan fingerprint density at radius 3 is 2.41 bits per heavy atom.